The van der Waals surface area contributed by atoms with Crippen LogP contribution in [0.2, 0.25) is 0 Å². The number of benzene rings is 2. The standard InChI is InChI=1S/C14H12F3NO/c15-13-7-2-1-4-10(13)9-18-11-5-3-6-12(8-11)19-14(16)17/h1-8,14,18H,9H2. The predicted octanol–water partition coefficient (Wildman–Crippen LogP) is 4.04. The van der Waals surface area contributed by atoms with Gasteiger partial charge in [-0.1, -0.05) is 24.3 Å². The van der Waals surface area contributed by atoms with Crippen LogP contribution in [-0.4, -0.2) is 6.61 Å². The average molecular weight is 267 g/mol. The maximum Gasteiger partial charge on any atom is 0.387 e. The minimum atomic E-state index is -2.86. The summed E-state index contributed by atoms with van der Waals surface area (Å²) in [5, 5.41) is 2.95. The number of ether oxygens (including phenoxy) is 1. The molecule has 19 heavy (non-hydrogen) atoms. The predicted molar refractivity (Wildman–Crippen MR) is 66.8 cm³/mol. The molecule has 0 saturated heterocycles. The van der Waals surface area contributed by atoms with Crippen LogP contribution in [0.25, 0.3) is 0 Å². The molecule has 0 unspecified atom stereocenters. The molecule has 2 aromatic carbocycles. The Balaban J connectivity index is 2.02. The van der Waals surface area contributed by atoms with E-state index in [-0.39, 0.29) is 18.1 Å². The molecular weight excluding hydrogens is 255 g/mol. The van der Waals surface area contributed by atoms with Crippen LogP contribution >= 0.6 is 0 Å². The second kappa shape index (κ2) is 6.13. The van der Waals surface area contributed by atoms with Crippen molar-refractivity contribution < 1.29 is 17.9 Å². The highest BCUT2D eigenvalue weighted by Crippen LogP contribution is 2.20. The molecule has 2 rings (SSSR count). The van der Waals surface area contributed by atoms with Crippen LogP contribution in [0.5, 0.6) is 5.75 Å². The van der Waals surface area contributed by atoms with E-state index in [4.69, 9.17) is 0 Å². The van der Waals surface area contributed by atoms with E-state index in [9.17, 15) is 13.2 Å². The quantitative estimate of drug-likeness (QED) is 0.882. The molecule has 0 radical (unpaired) electrons. The Bertz CT molecular complexity index is 546. The summed E-state index contributed by atoms with van der Waals surface area (Å²) in [6, 6.07) is 12.5. The van der Waals surface area contributed by atoms with E-state index in [2.05, 4.69) is 10.1 Å². The fourth-order valence-electron chi connectivity index (χ4n) is 1.62. The SMILES string of the molecule is Fc1ccccc1CNc1cccc(OC(F)F)c1. The lowest BCUT2D eigenvalue weighted by Gasteiger charge is -2.09. The molecule has 2 aromatic rings. The largest absolute Gasteiger partial charge is 0.435 e. The Hall–Kier alpha value is -2.17. The number of alkyl halides is 2. The first-order valence-corrected chi connectivity index (χ1v) is 5.67. The summed E-state index contributed by atoms with van der Waals surface area (Å²) in [6.07, 6.45) is 0. The lowest BCUT2D eigenvalue weighted by atomic mass is 10.2. The summed E-state index contributed by atoms with van der Waals surface area (Å²) in [4.78, 5) is 0. The van der Waals surface area contributed by atoms with Crippen LogP contribution in [0.4, 0.5) is 18.9 Å². The van der Waals surface area contributed by atoms with E-state index in [1.165, 1.54) is 18.2 Å². The third-order valence-corrected chi connectivity index (χ3v) is 2.50. The number of nitrogens with one attached hydrogen (secondary N) is 1. The van der Waals surface area contributed by atoms with Gasteiger partial charge in [0.25, 0.3) is 0 Å². The lowest BCUT2D eigenvalue weighted by molar-refractivity contribution is -0.0498. The first-order chi connectivity index (χ1) is 9.15. The van der Waals surface area contributed by atoms with Crippen LogP contribution < -0.4 is 10.1 Å². The number of hydrogen-bond acceptors (Lipinski definition) is 2. The van der Waals surface area contributed by atoms with Gasteiger partial charge in [-0.05, 0) is 18.2 Å². The van der Waals surface area contributed by atoms with E-state index in [1.807, 2.05) is 0 Å². The summed E-state index contributed by atoms with van der Waals surface area (Å²) in [7, 11) is 0. The molecule has 5 heteroatoms. The van der Waals surface area contributed by atoms with Crippen molar-refractivity contribution in [2.24, 2.45) is 0 Å². The summed E-state index contributed by atoms with van der Waals surface area (Å²) in [6.45, 7) is -2.59. The van der Waals surface area contributed by atoms with E-state index in [1.54, 1.807) is 30.3 Å². The molecule has 0 fully saturated rings. The van der Waals surface area contributed by atoms with Crippen molar-refractivity contribution in [3.8, 4) is 5.75 Å². The molecule has 100 valence electrons. The summed E-state index contributed by atoms with van der Waals surface area (Å²) in [5.74, 6) is -0.247. The highest BCUT2D eigenvalue weighted by molar-refractivity contribution is 5.48. The molecule has 0 aliphatic rings. The Kier molecular flexibility index (Phi) is 4.28. The first kappa shape index (κ1) is 13.3. The number of halogens is 3. The Labute approximate surface area is 108 Å². The maximum absolute atomic E-state index is 13.4. The van der Waals surface area contributed by atoms with Gasteiger partial charge in [-0.15, -0.1) is 0 Å². The Morgan fingerprint density at radius 3 is 2.58 bits per heavy atom. The van der Waals surface area contributed by atoms with E-state index in [0.717, 1.165) is 0 Å². The smallest absolute Gasteiger partial charge is 0.387 e. The summed E-state index contributed by atoms with van der Waals surface area (Å²) in [5.41, 5.74) is 1.09. The van der Waals surface area contributed by atoms with Crippen molar-refractivity contribution in [2.45, 2.75) is 13.2 Å². The Morgan fingerprint density at radius 2 is 1.84 bits per heavy atom. The zero-order chi connectivity index (χ0) is 13.7. The van der Waals surface area contributed by atoms with Crippen molar-refractivity contribution in [1.29, 1.82) is 0 Å². The van der Waals surface area contributed by atoms with Crippen LogP contribution in [0, 0.1) is 5.82 Å². The van der Waals surface area contributed by atoms with Gasteiger partial charge >= 0.3 is 6.61 Å². The highest BCUT2D eigenvalue weighted by atomic mass is 19.3. The highest BCUT2D eigenvalue weighted by Gasteiger charge is 2.05. The number of rotatable bonds is 5. The van der Waals surface area contributed by atoms with E-state index < -0.39 is 6.61 Å². The third kappa shape index (κ3) is 3.91. The molecule has 0 aromatic heterocycles. The molecule has 2 nitrogen and oxygen atoms in total. The van der Waals surface area contributed by atoms with Crippen molar-refractivity contribution in [3.63, 3.8) is 0 Å². The lowest BCUT2D eigenvalue weighted by Crippen LogP contribution is -2.04. The second-order valence-electron chi connectivity index (χ2n) is 3.85. The number of anilines is 1. The molecule has 1 N–H and O–H groups in total. The monoisotopic (exact) mass is 267 g/mol. The number of hydrogen-bond donors (Lipinski definition) is 1. The molecular formula is C14H12F3NO. The minimum Gasteiger partial charge on any atom is -0.435 e. The van der Waals surface area contributed by atoms with Crippen molar-refractivity contribution in [1.82, 2.24) is 0 Å². The van der Waals surface area contributed by atoms with Crippen molar-refractivity contribution in [2.75, 3.05) is 5.32 Å². The molecule has 0 atom stereocenters. The Morgan fingerprint density at radius 1 is 1.05 bits per heavy atom. The van der Waals surface area contributed by atoms with Crippen LogP contribution in [0.1, 0.15) is 5.56 Å². The molecule has 0 amide bonds. The van der Waals surface area contributed by atoms with Gasteiger partial charge in [-0.25, -0.2) is 4.39 Å². The normalized spacial score (nSPS) is 10.5. The zero-order valence-corrected chi connectivity index (χ0v) is 9.95. The molecule has 0 aliphatic carbocycles. The van der Waals surface area contributed by atoms with Crippen molar-refractivity contribution in [3.05, 3.63) is 59.9 Å². The van der Waals surface area contributed by atoms with Crippen molar-refractivity contribution >= 4 is 5.69 Å². The van der Waals surface area contributed by atoms with Gasteiger partial charge in [0.1, 0.15) is 11.6 Å². The molecule has 0 spiro atoms. The fourth-order valence-corrected chi connectivity index (χ4v) is 1.62. The van der Waals surface area contributed by atoms with Gasteiger partial charge in [0.05, 0.1) is 0 Å². The van der Waals surface area contributed by atoms with Gasteiger partial charge in [0.2, 0.25) is 0 Å². The van der Waals surface area contributed by atoms with Gasteiger partial charge < -0.3 is 10.1 Å². The minimum absolute atomic E-state index is 0.0635. The third-order valence-electron chi connectivity index (χ3n) is 2.50. The molecule has 0 heterocycles. The molecule has 0 aliphatic heterocycles. The van der Waals surface area contributed by atoms with Crippen LogP contribution in [-0.2, 0) is 6.54 Å². The maximum atomic E-state index is 13.4. The zero-order valence-electron chi connectivity index (χ0n) is 9.95. The van der Waals surface area contributed by atoms with Crippen LogP contribution in [0.15, 0.2) is 48.5 Å². The van der Waals surface area contributed by atoms with Crippen LogP contribution in [0.3, 0.4) is 0 Å². The van der Waals surface area contributed by atoms with Gasteiger partial charge in [-0.3, -0.25) is 0 Å². The average Bonchev–Trinajstić information content (AvgIpc) is 2.37. The fraction of sp³-hybridized carbons (Fsp3) is 0.143. The van der Waals surface area contributed by atoms with Gasteiger partial charge in [0.15, 0.2) is 0 Å². The van der Waals surface area contributed by atoms with E-state index in [0.29, 0.717) is 11.3 Å². The molecule has 0 saturated carbocycles. The second-order valence-corrected chi connectivity index (χ2v) is 3.85. The van der Waals surface area contributed by atoms with Gasteiger partial charge in [0, 0.05) is 23.9 Å². The summed E-state index contributed by atoms with van der Waals surface area (Å²) < 4.78 is 41.8. The van der Waals surface area contributed by atoms with E-state index >= 15 is 0 Å². The summed E-state index contributed by atoms with van der Waals surface area (Å²) >= 11 is 0. The molecule has 0 bridgehead atoms. The van der Waals surface area contributed by atoms with Gasteiger partial charge in [-0.2, -0.15) is 8.78 Å². The topological polar surface area (TPSA) is 21.3 Å². The first-order valence-electron chi connectivity index (χ1n) is 5.67.